The Morgan fingerprint density at radius 3 is 2.71 bits per heavy atom. The fourth-order valence-electron chi connectivity index (χ4n) is 1.11. The largest absolute Gasteiger partial charge is 0.305 e. The van der Waals surface area contributed by atoms with Gasteiger partial charge in [-0.25, -0.2) is 0 Å². The molecule has 0 spiro atoms. The number of hydrogen-bond donors (Lipinski definition) is 0. The first-order valence-electron chi connectivity index (χ1n) is 3.95. The molecule has 0 radical (unpaired) electrons. The Bertz CT molecular complexity index is 403. The minimum Gasteiger partial charge on any atom is -0.305 e. The van der Waals surface area contributed by atoms with E-state index in [0.717, 1.165) is 11.3 Å². The Morgan fingerprint density at radius 1 is 1.21 bits per heavy atom. The summed E-state index contributed by atoms with van der Waals surface area (Å²) in [6.45, 7) is 0. The standard InChI is InChI=1S/C11H7ClN.Pd/c12-10-5-3-4-9(8-10)11-6-1-2-7-13-11;/h1-3,5-8H;/q-1;. The summed E-state index contributed by atoms with van der Waals surface area (Å²) < 4.78 is 0. The first-order chi connectivity index (χ1) is 6.36. The van der Waals surface area contributed by atoms with Crippen LogP contribution in [0.2, 0.25) is 5.02 Å². The van der Waals surface area contributed by atoms with E-state index in [9.17, 15) is 0 Å². The van der Waals surface area contributed by atoms with Crippen LogP contribution in [0.1, 0.15) is 0 Å². The number of aromatic nitrogens is 1. The Balaban J connectivity index is 0.000000980. The summed E-state index contributed by atoms with van der Waals surface area (Å²) in [5.41, 5.74) is 1.82. The molecule has 0 unspecified atom stereocenters. The van der Waals surface area contributed by atoms with Crippen LogP contribution < -0.4 is 0 Å². The van der Waals surface area contributed by atoms with Gasteiger partial charge in [0.1, 0.15) is 0 Å². The molecule has 1 aromatic carbocycles. The summed E-state index contributed by atoms with van der Waals surface area (Å²) >= 11 is 5.85. The van der Waals surface area contributed by atoms with E-state index in [1.165, 1.54) is 0 Å². The number of halogens is 1. The summed E-state index contributed by atoms with van der Waals surface area (Å²) in [7, 11) is 0. The molecule has 0 amide bonds. The van der Waals surface area contributed by atoms with Crippen molar-refractivity contribution in [1.82, 2.24) is 4.98 Å². The van der Waals surface area contributed by atoms with Gasteiger partial charge in [-0.3, -0.25) is 0 Å². The van der Waals surface area contributed by atoms with Crippen molar-refractivity contribution in [2.45, 2.75) is 0 Å². The number of nitrogens with zero attached hydrogens (tertiary/aromatic N) is 1. The van der Waals surface area contributed by atoms with Gasteiger partial charge in [0.25, 0.3) is 0 Å². The molecule has 0 fully saturated rings. The molecule has 1 nitrogen and oxygen atoms in total. The van der Waals surface area contributed by atoms with E-state index in [4.69, 9.17) is 11.6 Å². The molecular weight excluding hydrogens is 288 g/mol. The molecule has 0 N–H and O–H groups in total. The molecule has 0 saturated heterocycles. The molecule has 0 aliphatic carbocycles. The third kappa shape index (κ3) is 2.65. The Labute approximate surface area is 102 Å². The number of rotatable bonds is 1. The average Bonchev–Trinajstić information content (AvgIpc) is 2.19. The van der Waals surface area contributed by atoms with Gasteiger partial charge < -0.3 is 4.98 Å². The molecule has 0 aliphatic rings. The second kappa shape index (κ2) is 5.26. The van der Waals surface area contributed by atoms with Crippen molar-refractivity contribution in [1.29, 1.82) is 0 Å². The van der Waals surface area contributed by atoms with Gasteiger partial charge in [0.15, 0.2) is 0 Å². The summed E-state index contributed by atoms with van der Waals surface area (Å²) in [6.07, 6.45) is 1.75. The summed E-state index contributed by atoms with van der Waals surface area (Å²) in [5.74, 6) is 0. The maximum atomic E-state index is 5.85. The second-order valence-electron chi connectivity index (χ2n) is 2.64. The zero-order chi connectivity index (χ0) is 9.10. The Morgan fingerprint density at radius 2 is 2.07 bits per heavy atom. The molecule has 0 atom stereocenters. The summed E-state index contributed by atoms with van der Waals surface area (Å²) in [6, 6.07) is 14.3. The minimum absolute atomic E-state index is 0. The van der Waals surface area contributed by atoms with Crippen LogP contribution in [0.4, 0.5) is 0 Å². The zero-order valence-corrected chi connectivity index (χ0v) is 9.49. The van der Waals surface area contributed by atoms with Crippen molar-refractivity contribution < 1.29 is 20.4 Å². The fourth-order valence-corrected chi connectivity index (χ4v) is 1.28. The van der Waals surface area contributed by atoms with Crippen LogP contribution in [0.15, 0.2) is 42.6 Å². The number of hydrogen-bond acceptors (Lipinski definition) is 1. The van der Waals surface area contributed by atoms with Crippen molar-refractivity contribution in [3.8, 4) is 11.3 Å². The van der Waals surface area contributed by atoms with E-state index in [-0.39, 0.29) is 20.4 Å². The molecular formula is C11H7ClNPd-. The van der Waals surface area contributed by atoms with Gasteiger partial charge in [-0.05, 0) is 16.8 Å². The third-order valence-corrected chi connectivity index (χ3v) is 1.94. The van der Waals surface area contributed by atoms with E-state index in [0.29, 0.717) is 5.02 Å². The minimum atomic E-state index is 0. The summed E-state index contributed by atoms with van der Waals surface area (Å²) in [4.78, 5) is 4.20. The van der Waals surface area contributed by atoms with Gasteiger partial charge in [-0.2, -0.15) is 0 Å². The van der Waals surface area contributed by atoms with Gasteiger partial charge >= 0.3 is 0 Å². The normalized spacial score (nSPS) is 9.21. The average molecular weight is 295 g/mol. The quantitative estimate of drug-likeness (QED) is 0.581. The van der Waals surface area contributed by atoms with Crippen molar-refractivity contribution in [3.05, 3.63) is 53.7 Å². The van der Waals surface area contributed by atoms with Gasteiger partial charge in [0, 0.05) is 26.6 Å². The zero-order valence-electron chi connectivity index (χ0n) is 7.18. The van der Waals surface area contributed by atoms with E-state index in [2.05, 4.69) is 11.1 Å². The summed E-state index contributed by atoms with van der Waals surface area (Å²) in [5, 5.41) is 0.708. The van der Waals surface area contributed by atoms with E-state index < -0.39 is 0 Å². The molecule has 2 aromatic rings. The van der Waals surface area contributed by atoms with Gasteiger partial charge in [0.2, 0.25) is 0 Å². The van der Waals surface area contributed by atoms with E-state index >= 15 is 0 Å². The first-order valence-corrected chi connectivity index (χ1v) is 4.33. The van der Waals surface area contributed by atoms with Crippen LogP contribution in [0, 0.1) is 6.07 Å². The predicted molar refractivity (Wildman–Crippen MR) is 53.5 cm³/mol. The molecule has 74 valence electrons. The first kappa shape index (κ1) is 11.4. The molecule has 14 heavy (non-hydrogen) atoms. The van der Waals surface area contributed by atoms with Crippen molar-refractivity contribution in [2.75, 3.05) is 0 Å². The molecule has 2 rings (SSSR count). The van der Waals surface area contributed by atoms with Crippen LogP contribution in [0.3, 0.4) is 0 Å². The SMILES string of the molecule is Clc1cc[c-]c(-c2ccccn2)c1.[Pd]. The maximum Gasteiger partial charge on any atom is 0.0160 e. The Kier molecular flexibility index (Phi) is 4.29. The van der Waals surface area contributed by atoms with Crippen molar-refractivity contribution in [2.24, 2.45) is 0 Å². The monoisotopic (exact) mass is 294 g/mol. The molecule has 0 aliphatic heterocycles. The van der Waals surface area contributed by atoms with Crippen molar-refractivity contribution in [3.63, 3.8) is 0 Å². The molecule has 0 bridgehead atoms. The second-order valence-corrected chi connectivity index (χ2v) is 3.07. The van der Waals surface area contributed by atoms with Crippen LogP contribution in [0.5, 0.6) is 0 Å². The molecule has 1 aromatic heterocycles. The van der Waals surface area contributed by atoms with E-state index in [1.54, 1.807) is 18.3 Å². The van der Waals surface area contributed by atoms with Crippen LogP contribution >= 0.6 is 11.6 Å². The molecule has 1 heterocycles. The Hall–Kier alpha value is -0.678. The van der Waals surface area contributed by atoms with Crippen LogP contribution in [-0.4, -0.2) is 4.98 Å². The van der Waals surface area contributed by atoms with E-state index in [1.807, 2.05) is 24.3 Å². The molecule has 0 saturated carbocycles. The molecule has 3 heteroatoms. The topological polar surface area (TPSA) is 12.9 Å². The van der Waals surface area contributed by atoms with Gasteiger partial charge in [-0.15, -0.1) is 41.4 Å². The van der Waals surface area contributed by atoms with Gasteiger partial charge in [-0.1, -0.05) is 12.1 Å². The maximum absolute atomic E-state index is 5.85. The third-order valence-electron chi connectivity index (χ3n) is 1.70. The van der Waals surface area contributed by atoms with Crippen LogP contribution in [0.25, 0.3) is 11.3 Å². The van der Waals surface area contributed by atoms with Crippen molar-refractivity contribution >= 4 is 11.6 Å². The predicted octanol–water partition coefficient (Wildman–Crippen LogP) is 3.20. The van der Waals surface area contributed by atoms with Crippen LogP contribution in [-0.2, 0) is 20.4 Å². The number of pyridine rings is 1. The smallest absolute Gasteiger partial charge is 0.0160 e. The number of benzene rings is 1. The fraction of sp³-hybridized carbons (Fsp3) is 0. The van der Waals surface area contributed by atoms with Gasteiger partial charge in [0.05, 0.1) is 0 Å².